The zero-order chi connectivity index (χ0) is 10.3. The minimum Gasteiger partial charge on any atom is -0.391 e. The highest BCUT2D eigenvalue weighted by molar-refractivity contribution is 5.30. The van der Waals surface area contributed by atoms with Gasteiger partial charge in [-0.1, -0.05) is 6.08 Å². The summed E-state index contributed by atoms with van der Waals surface area (Å²) in [5.74, 6) is -0.171. The standard InChI is InChI=1S/C11H18FN/c1-5-13-8-10(3)9(2)6-7-11(4)12/h6-8,13H,5H2,1-4H3/b9-6+,10-8+,11-7+. The Morgan fingerprint density at radius 2 is 1.77 bits per heavy atom. The first-order valence-electron chi connectivity index (χ1n) is 4.49. The summed E-state index contributed by atoms with van der Waals surface area (Å²) in [6.07, 6.45) is 5.18. The van der Waals surface area contributed by atoms with Crippen LogP contribution in [0.5, 0.6) is 0 Å². The molecule has 0 amide bonds. The van der Waals surface area contributed by atoms with Crippen LogP contribution in [0, 0.1) is 0 Å². The lowest BCUT2D eigenvalue weighted by Crippen LogP contribution is -2.03. The van der Waals surface area contributed by atoms with Gasteiger partial charge in [-0.2, -0.15) is 0 Å². The second-order valence-corrected chi connectivity index (χ2v) is 2.99. The number of allylic oxidation sites excluding steroid dienone is 5. The third kappa shape index (κ3) is 6.14. The molecule has 0 aromatic carbocycles. The van der Waals surface area contributed by atoms with Crippen LogP contribution < -0.4 is 5.32 Å². The van der Waals surface area contributed by atoms with Gasteiger partial charge in [0.05, 0.1) is 5.83 Å². The first kappa shape index (κ1) is 11.9. The van der Waals surface area contributed by atoms with E-state index in [1.807, 2.05) is 27.0 Å². The van der Waals surface area contributed by atoms with E-state index in [1.54, 1.807) is 6.08 Å². The highest BCUT2D eigenvalue weighted by Crippen LogP contribution is 2.07. The van der Waals surface area contributed by atoms with Crippen molar-refractivity contribution in [3.8, 4) is 0 Å². The highest BCUT2D eigenvalue weighted by Gasteiger charge is 1.90. The molecule has 0 saturated heterocycles. The maximum absolute atomic E-state index is 12.4. The van der Waals surface area contributed by atoms with Crippen molar-refractivity contribution >= 4 is 0 Å². The molecule has 1 nitrogen and oxygen atoms in total. The van der Waals surface area contributed by atoms with Crippen LogP contribution in [0.1, 0.15) is 27.7 Å². The van der Waals surface area contributed by atoms with Crippen molar-refractivity contribution in [1.29, 1.82) is 0 Å². The summed E-state index contributed by atoms with van der Waals surface area (Å²) in [7, 11) is 0. The Bertz CT molecular complexity index is 232. The molecule has 0 fully saturated rings. The van der Waals surface area contributed by atoms with E-state index in [4.69, 9.17) is 0 Å². The summed E-state index contributed by atoms with van der Waals surface area (Å²) in [5, 5.41) is 3.10. The molecule has 0 aliphatic heterocycles. The molecule has 74 valence electrons. The molecule has 0 heterocycles. The van der Waals surface area contributed by atoms with Crippen molar-refractivity contribution in [3.63, 3.8) is 0 Å². The Morgan fingerprint density at radius 1 is 1.15 bits per heavy atom. The first-order chi connectivity index (χ1) is 6.07. The van der Waals surface area contributed by atoms with Gasteiger partial charge in [0.15, 0.2) is 0 Å². The summed E-state index contributed by atoms with van der Waals surface area (Å²) in [5.41, 5.74) is 2.19. The Kier molecular flexibility index (Phi) is 5.94. The van der Waals surface area contributed by atoms with E-state index < -0.39 is 0 Å². The van der Waals surface area contributed by atoms with Crippen LogP contribution in [0.2, 0.25) is 0 Å². The van der Waals surface area contributed by atoms with E-state index in [-0.39, 0.29) is 5.83 Å². The SMILES string of the molecule is CCN/C=C(C)/C(C)=C/C=C(\C)F. The predicted molar refractivity (Wildman–Crippen MR) is 56.1 cm³/mol. The minimum absolute atomic E-state index is 0.171. The largest absolute Gasteiger partial charge is 0.391 e. The molecule has 2 heteroatoms. The van der Waals surface area contributed by atoms with E-state index in [0.29, 0.717) is 0 Å². The monoisotopic (exact) mass is 183 g/mol. The Balaban J connectivity index is 4.32. The van der Waals surface area contributed by atoms with Gasteiger partial charge in [-0.05, 0) is 51.1 Å². The van der Waals surface area contributed by atoms with Crippen molar-refractivity contribution < 1.29 is 4.39 Å². The van der Waals surface area contributed by atoms with Gasteiger partial charge < -0.3 is 5.32 Å². The molecule has 0 bridgehead atoms. The molecule has 0 atom stereocenters. The molecule has 0 spiro atoms. The maximum atomic E-state index is 12.4. The fourth-order valence-electron chi connectivity index (χ4n) is 0.740. The lowest BCUT2D eigenvalue weighted by Gasteiger charge is -2.01. The van der Waals surface area contributed by atoms with Crippen molar-refractivity contribution in [2.45, 2.75) is 27.7 Å². The van der Waals surface area contributed by atoms with Crippen LogP contribution in [0.25, 0.3) is 0 Å². The molecule has 0 unspecified atom stereocenters. The van der Waals surface area contributed by atoms with Crippen molar-refractivity contribution in [2.24, 2.45) is 0 Å². The maximum Gasteiger partial charge on any atom is 0.0968 e. The van der Waals surface area contributed by atoms with Gasteiger partial charge in [-0.15, -0.1) is 0 Å². The summed E-state index contributed by atoms with van der Waals surface area (Å²) < 4.78 is 12.4. The summed E-state index contributed by atoms with van der Waals surface area (Å²) in [6, 6.07) is 0. The average Bonchev–Trinajstić information content (AvgIpc) is 2.10. The topological polar surface area (TPSA) is 12.0 Å². The molecule has 0 radical (unpaired) electrons. The summed E-state index contributed by atoms with van der Waals surface area (Å²) in [4.78, 5) is 0. The number of halogens is 1. The molecular weight excluding hydrogens is 165 g/mol. The second-order valence-electron chi connectivity index (χ2n) is 2.99. The zero-order valence-electron chi connectivity index (χ0n) is 8.82. The molecule has 0 aliphatic carbocycles. The van der Waals surface area contributed by atoms with Crippen LogP contribution in [-0.2, 0) is 0 Å². The quantitative estimate of drug-likeness (QED) is 0.659. The first-order valence-corrected chi connectivity index (χ1v) is 4.49. The highest BCUT2D eigenvalue weighted by atomic mass is 19.1. The lowest BCUT2D eigenvalue weighted by atomic mass is 10.1. The smallest absolute Gasteiger partial charge is 0.0968 e. The van der Waals surface area contributed by atoms with Gasteiger partial charge in [0.2, 0.25) is 0 Å². The van der Waals surface area contributed by atoms with E-state index in [0.717, 1.165) is 17.7 Å². The van der Waals surface area contributed by atoms with Crippen molar-refractivity contribution in [1.82, 2.24) is 5.32 Å². The number of rotatable bonds is 4. The third-order valence-electron chi connectivity index (χ3n) is 1.71. The number of nitrogens with one attached hydrogen (secondary N) is 1. The molecule has 0 saturated carbocycles. The normalized spacial score (nSPS) is 14.7. The van der Waals surface area contributed by atoms with Gasteiger partial charge in [-0.3, -0.25) is 0 Å². The van der Waals surface area contributed by atoms with E-state index >= 15 is 0 Å². The Morgan fingerprint density at radius 3 is 2.23 bits per heavy atom. The predicted octanol–water partition coefficient (Wildman–Crippen LogP) is 3.32. The molecule has 0 aromatic heterocycles. The second kappa shape index (κ2) is 6.46. The zero-order valence-corrected chi connectivity index (χ0v) is 8.82. The molecule has 0 aromatic rings. The van der Waals surface area contributed by atoms with Crippen LogP contribution >= 0.6 is 0 Å². The fourth-order valence-corrected chi connectivity index (χ4v) is 0.740. The van der Waals surface area contributed by atoms with Crippen molar-refractivity contribution in [2.75, 3.05) is 6.54 Å². The van der Waals surface area contributed by atoms with Crippen LogP contribution in [-0.4, -0.2) is 6.54 Å². The lowest BCUT2D eigenvalue weighted by molar-refractivity contribution is 0.640. The van der Waals surface area contributed by atoms with Gasteiger partial charge in [0, 0.05) is 6.54 Å². The molecule has 1 N–H and O–H groups in total. The van der Waals surface area contributed by atoms with Gasteiger partial charge in [-0.25, -0.2) is 4.39 Å². The third-order valence-corrected chi connectivity index (χ3v) is 1.71. The molecular formula is C11H18FN. The fraction of sp³-hybridized carbons (Fsp3) is 0.455. The van der Waals surface area contributed by atoms with Crippen LogP contribution in [0.3, 0.4) is 0 Å². The summed E-state index contributed by atoms with van der Waals surface area (Å²) >= 11 is 0. The van der Waals surface area contributed by atoms with Gasteiger partial charge >= 0.3 is 0 Å². The number of hydrogen-bond acceptors (Lipinski definition) is 1. The van der Waals surface area contributed by atoms with E-state index in [9.17, 15) is 4.39 Å². The minimum atomic E-state index is -0.171. The Labute approximate surface area is 80.0 Å². The van der Waals surface area contributed by atoms with Gasteiger partial charge in [0.1, 0.15) is 0 Å². The number of hydrogen-bond donors (Lipinski definition) is 1. The molecule has 0 rings (SSSR count). The van der Waals surface area contributed by atoms with Crippen LogP contribution in [0.15, 0.2) is 35.3 Å². The molecule has 0 aliphatic rings. The molecule has 13 heavy (non-hydrogen) atoms. The van der Waals surface area contributed by atoms with E-state index in [2.05, 4.69) is 5.32 Å². The average molecular weight is 183 g/mol. The van der Waals surface area contributed by atoms with Crippen LogP contribution in [0.4, 0.5) is 4.39 Å². The Hall–Kier alpha value is -1.05. The van der Waals surface area contributed by atoms with Crippen molar-refractivity contribution in [3.05, 3.63) is 35.3 Å². The van der Waals surface area contributed by atoms with E-state index in [1.165, 1.54) is 13.0 Å². The van der Waals surface area contributed by atoms with Gasteiger partial charge in [0.25, 0.3) is 0 Å². The summed E-state index contributed by atoms with van der Waals surface area (Å²) in [6.45, 7) is 8.34.